The van der Waals surface area contributed by atoms with Gasteiger partial charge in [0.15, 0.2) is 5.60 Å². The van der Waals surface area contributed by atoms with Gasteiger partial charge in [-0.1, -0.05) is 19.1 Å². The number of carbonyl (C=O) groups excluding carboxylic acids is 6. The Kier molecular flexibility index (Phi) is 18.9. The van der Waals surface area contributed by atoms with Crippen LogP contribution in [0.25, 0.3) is 0 Å². The monoisotopic (exact) mass is 1050 g/mol. The number of amides is 6. The number of pyridine rings is 2. The van der Waals surface area contributed by atoms with Crippen molar-refractivity contribution < 1.29 is 65.3 Å². The van der Waals surface area contributed by atoms with Gasteiger partial charge in [0, 0.05) is 106 Å². The number of halogens is 4. The van der Waals surface area contributed by atoms with E-state index in [0.29, 0.717) is 51.9 Å². The molecule has 2 saturated carbocycles. The van der Waals surface area contributed by atoms with Crippen LogP contribution < -0.4 is 31.3 Å². The van der Waals surface area contributed by atoms with Crippen molar-refractivity contribution in [2.45, 2.75) is 133 Å². The van der Waals surface area contributed by atoms with E-state index in [4.69, 9.17) is 24.7 Å². The van der Waals surface area contributed by atoms with Crippen LogP contribution in [0.1, 0.15) is 118 Å². The number of hydrogen-bond acceptors (Lipinski definition) is 12. The highest BCUT2D eigenvalue weighted by Gasteiger charge is 2.66. The molecule has 2 aromatic heterocycles. The molecule has 18 nitrogen and oxygen atoms in total. The maximum atomic E-state index is 14.7. The Morgan fingerprint density at radius 3 is 2.27 bits per heavy atom. The number of benzene rings is 1. The lowest BCUT2D eigenvalue weighted by Gasteiger charge is -2.32. The average Bonchev–Trinajstić information content (AvgIpc) is 3.88. The van der Waals surface area contributed by atoms with Gasteiger partial charge in [0.05, 0.1) is 37.9 Å². The first-order valence-corrected chi connectivity index (χ1v) is 25.7. The van der Waals surface area contributed by atoms with E-state index in [0.717, 1.165) is 55.2 Å². The quantitative estimate of drug-likeness (QED) is 0.0771. The lowest BCUT2D eigenvalue weighted by atomic mass is 9.77. The summed E-state index contributed by atoms with van der Waals surface area (Å²) < 4.78 is 81.7. The Hall–Kier alpha value is -6.26. The lowest BCUT2D eigenvalue weighted by Crippen LogP contribution is -2.49. The molecule has 4 fully saturated rings. The standard InChI is InChI=1S/C53H68F4N8O10/c1-31-45(39-18-11-34(54)27-42(39)72-4)47(75-52(31,2)53(55,56)57)51(71)65(36-19-21-60-41(28-36)48(58)68)24-22-61-49(69)32-9-12-35(13-10-32)63-43(66)8-6-25-73-37-14-16-38(17-15-37)74-26-23-62-50(70)40-29-44(67)64(3)46(40)33-7-5-20-59-30-33/h5,7,11,18-21,27-28,30-32,35,37-38,40,45-47H,6,8-10,12-17,22-26,29H2,1-4H3,(H2,58,68)(H,61,69)(H,62,70)(H,63,66)/t31-,32?,35?,37?,38?,40-,45-,46+,47+,52+/m0/s1. The molecule has 0 bridgehead atoms. The number of aromatic nitrogens is 2. The van der Waals surface area contributed by atoms with E-state index in [1.54, 1.807) is 30.4 Å². The predicted molar refractivity (Wildman–Crippen MR) is 264 cm³/mol. The van der Waals surface area contributed by atoms with E-state index in [-0.39, 0.29) is 96.5 Å². The topological polar surface area (TPSA) is 234 Å². The molecule has 0 spiro atoms. The van der Waals surface area contributed by atoms with E-state index in [2.05, 4.69) is 25.9 Å². The van der Waals surface area contributed by atoms with Crippen LogP contribution in [0.4, 0.5) is 23.2 Å². The highest BCUT2D eigenvalue weighted by atomic mass is 19.4. The van der Waals surface area contributed by atoms with E-state index < -0.39 is 59.2 Å². The number of anilines is 1. The van der Waals surface area contributed by atoms with E-state index in [9.17, 15) is 46.3 Å². The number of carbonyl (C=O) groups is 6. The zero-order valence-corrected chi connectivity index (χ0v) is 42.7. The largest absolute Gasteiger partial charge is 0.496 e. The van der Waals surface area contributed by atoms with Crippen LogP contribution in [0.15, 0.2) is 61.1 Å². The van der Waals surface area contributed by atoms with Crippen LogP contribution in [-0.2, 0) is 38.2 Å². The van der Waals surface area contributed by atoms with E-state index in [1.165, 1.54) is 38.4 Å². The van der Waals surface area contributed by atoms with Crippen LogP contribution >= 0.6 is 0 Å². The van der Waals surface area contributed by atoms with Crippen LogP contribution in [0, 0.1) is 23.6 Å². The van der Waals surface area contributed by atoms with E-state index >= 15 is 0 Å². The molecule has 3 aromatic rings. The molecule has 7 rings (SSSR count). The summed E-state index contributed by atoms with van der Waals surface area (Å²) in [7, 11) is 2.94. The van der Waals surface area contributed by atoms with Gasteiger partial charge in [-0.15, -0.1) is 0 Å². The zero-order valence-electron chi connectivity index (χ0n) is 42.7. The van der Waals surface area contributed by atoms with Crippen LogP contribution in [0.2, 0.25) is 0 Å². The van der Waals surface area contributed by atoms with Crippen molar-refractivity contribution in [1.82, 2.24) is 30.8 Å². The highest BCUT2D eigenvalue weighted by Crippen LogP contribution is 2.55. The summed E-state index contributed by atoms with van der Waals surface area (Å²) in [5, 5.41) is 8.86. The smallest absolute Gasteiger partial charge is 0.417 e. The second-order valence-electron chi connectivity index (χ2n) is 20.1. The van der Waals surface area contributed by atoms with Gasteiger partial charge in [-0.3, -0.25) is 38.7 Å². The number of nitrogens with two attached hydrogens (primary N) is 1. The average molecular weight is 1050 g/mol. The molecule has 2 saturated heterocycles. The third-order valence-electron chi connectivity index (χ3n) is 15.4. The molecule has 22 heteroatoms. The molecule has 4 heterocycles. The molecule has 0 radical (unpaired) electrons. The normalized spacial score (nSPS) is 26.9. The molecule has 1 aromatic carbocycles. The lowest BCUT2D eigenvalue weighted by molar-refractivity contribution is -0.272. The van der Waals surface area contributed by atoms with Gasteiger partial charge in [-0.2, -0.15) is 13.2 Å². The molecule has 0 unspecified atom stereocenters. The number of methoxy groups -OCH3 is 1. The van der Waals surface area contributed by atoms with Gasteiger partial charge >= 0.3 is 6.18 Å². The minimum Gasteiger partial charge on any atom is -0.496 e. The fraction of sp³-hybridized carbons (Fsp3) is 0.585. The van der Waals surface area contributed by atoms with Crippen LogP contribution in [0.5, 0.6) is 5.75 Å². The van der Waals surface area contributed by atoms with Crippen LogP contribution in [-0.4, -0.2) is 133 Å². The minimum atomic E-state index is -4.92. The zero-order chi connectivity index (χ0) is 54.0. The number of nitrogens with one attached hydrogen (secondary N) is 3. The summed E-state index contributed by atoms with van der Waals surface area (Å²) in [6.07, 6.45) is 4.29. The molecule has 2 aliphatic heterocycles. The van der Waals surface area contributed by atoms with Crippen LogP contribution in [0.3, 0.4) is 0 Å². The number of rotatable bonds is 21. The third-order valence-corrected chi connectivity index (χ3v) is 15.4. The molecule has 75 heavy (non-hydrogen) atoms. The van der Waals surface area contributed by atoms with Crippen molar-refractivity contribution >= 4 is 41.1 Å². The fourth-order valence-corrected chi connectivity index (χ4v) is 10.9. The van der Waals surface area contributed by atoms with Crippen molar-refractivity contribution in [3.63, 3.8) is 0 Å². The number of primary amides is 1. The maximum Gasteiger partial charge on any atom is 0.417 e. The molecule has 6 atom stereocenters. The van der Waals surface area contributed by atoms with Gasteiger partial charge in [-0.25, -0.2) is 4.39 Å². The Morgan fingerprint density at radius 1 is 0.920 bits per heavy atom. The van der Waals surface area contributed by atoms with Gasteiger partial charge < -0.3 is 50.4 Å². The summed E-state index contributed by atoms with van der Waals surface area (Å²) in [5.74, 6) is -6.81. The first kappa shape index (κ1) is 56.5. The van der Waals surface area contributed by atoms with Crippen molar-refractivity contribution in [3.8, 4) is 5.75 Å². The first-order valence-electron chi connectivity index (χ1n) is 25.7. The predicted octanol–water partition coefficient (Wildman–Crippen LogP) is 5.45. The summed E-state index contributed by atoms with van der Waals surface area (Å²) in [5.41, 5.74) is 3.47. The SMILES string of the molecule is COc1cc(F)ccc1[C@H]1[C@H](C(=O)N(CCNC(=O)C2CCC(NC(=O)CCCOC3CCC(OCCNC(=O)[C@H]4CC(=O)N(C)[C@@H]4c4cccnc4)CC3)CC2)c2ccnc(C(N)=O)c2)O[C@@](C)(C(F)(F)F)[C@H]1C. The molecule has 2 aliphatic carbocycles. The number of hydrogen-bond donors (Lipinski definition) is 4. The number of ether oxygens (including phenoxy) is 4. The second kappa shape index (κ2) is 25.1. The highest BCUT2D eigenvalue weighted by molar-refractivity contribution is 5.99. The minimum absolute atomic E-state index is 0.0511. The van der Waals surface area contributed by atoms with Gasteiger partial charge in [0.25, 0.3) is 11.8 Å². The number of alkyl halides is 3. The Labute approximate surface area is 433 Å². The molecular weight excluding hydrogens is 985 g/mol. The molecule has 5 N–H and O–H groups in total. The van der Waals surface area contributed by atoms with E-state index in [1.807, 2.05) is 6.07 Å². The summed E-state index contributed by atoms with van der Waals surface area (Å²) in [6, 6.07) is 9.12. The molecule has 408 valence electrons. The van der Waals surface area contributed by atoms with Gasteiger partial charge in [0.1, 0.15) is 23.4 Å². The van der Waals surface area contributed by atoms with Crippen molar-refractivity contribution in [2.75, 3.05) is 51.9 Å². The fourth-order valence-electron chi connectivity index (χ4n) is 10.9. The third kappa shape index (κ3) is 13.6. The molecule has 4 aliphatic rings. The molecule has 6 amide bonds. The maximum absolute atomic E-state index is 14.7. The Morgan fingerprint density at radius 2 is 1.61 bits per heavy atom. The van der Waals surface area contributed by atoms with Gasteiger partial charge in [-0.05, 0) is 94.5 Å². The molecular formula is C53H68F4N8O10. The summed E-state index contributed by atoms with van der Waals surface area (Å²) in [4.78, 5) is 89.5. The summed E-state index contributed by atoms with van der Waals surface area (Å²) in [6.45, 7) is 2.91. The number of likely N-dealkylation sites (tertiary alicyclic amines) is 1. The Bertz CT molecular complexity index is 2490. The first-order chi connectivity index (χ1) is 35.8. The summed E-state index contributed by atoms with van der Waals surface area (Å²) >= 11 is 0. The number of nitrogens with zero attached hydrogens (tertiary/aromatic N) is 4. The van der Waals surface area contributed by atoms with Crippen molar-refractivity contribution in [3.05, 3.63) is 83.7 Å². The van der Waals surface area contributed by atoms with Crippen molar-refractivity contribution in [1.29, 1.82) is 0 Å². The van der Waals surface area contributed by atoms with Gasteiger partial charge in [0.2, 0.25) is 23.6 Å². The van der Waals surface area contributed by atoms with Crippen molar-refractivity contribution in [2.24, 2.45) is 23.5 Å². The second-order valence-corrected chi connectivity index (χ2v) is 20.1. The Balaban J connectivity index is 0.814.